The number of aliphatic hydroxyl groups is 1. The van der Waals surface area contributed by atoms with Gasteiger partial charge in [0.2, 0.25) is 0 Å². The molecule has 5 unspecified atom stereocenters. The predicted octanol–water partition coefficient (Wildman–Crippen LogP) is 4.95. The third-order valence-electron chi connectivity index (χ3n) is 7.40. The molecule has 0 saturated heterocycles. The molecule has 3 aliphatic carbocycles. The van der Waals surface area contributed by atoms with Crippen LogP contribution in [0.1, 0.15) is 72.1 Å². The summed E-state index contributed by atoms with van der Waals surface area (Å²) in [6.45, 7) is 7.10. The molecule has 0 aliphatic heterocycles. The molecule has 1 heteroatoms. The van der Waals surface area contributed by atoms with E-state index in [4.69, 9.17) is 0 Å². The Bertz CT molecular complexity index is 377. The van der Waals surface area contributed by atoms with E-state index in [1.165, 1.54) is 44.9 Å². The summed E-state index contributed by atoms with van der Waals surface area (Å²) in [5, 5.41) is 10.9. The number of hydrogen-bond acceptors (Lipinski definition) is 1. The van der Waals surface area contributed by atoms with E-state index in [-0.39, 0.29) is 6.10 Å². The van der Waals surface area contributed by atoms with Crippen molar-refractivity contribution in [2.24, 2.45) is 28.6 Å². The van der Waals surface area contributed by atoms with Gasteiger partial charge in [0, 0.05) is 5.92 Å². The first-order valence-corrected chi connectivity index (χ1v) is 8.90. The van der Waals surface area contributed by atoms with Gasteiger partial charge in [0.25, 0.3) is 0 Å². The molecule has 20 heavy (non-hydrogen) atoms. The van der Waals surface area contributed by atoms with Crippen LogP contribution < -0.4 is 0 Å². The van der Waals surface area contributed by atoms with E-state index < -0.39 is 0 Å². The first kappa shape index (κ1) is 14.6. The first-order valence-electron chi connectivity index (χ1n) is 8.90. The zero-order chi connectivity index (χ0) is 14.4. The summed E-state index contributed by atoms with van der Waals surface area (Å²) in [5.41, 5.74) is 0.756. The predicted molar refractivity (Wildman–Crippen MR) is 84.4 cm³/mol. The quantitative estimate of drug-likeness (QED) is 0.705. The second kappa shape index (κ2) is 5.16. The van der Waals surface area contributed by atoms with Gasteiger partial charge in [0.15, 0.2) is 0 Å². The lowest BCUT2D eigenvalue weighted by molar-refractivity contribution is -0.0927. The van der Waals surface area contributed by atoms with Crippen LogP contribution in [-0.2, 0) is 0 Å². The van der Waals surface area contributed by atoms with Crippen molar-refractivity contribution in [2.75, 3.05) is 0 Å². The van der Waals surface area contributed by atoms with Crippen molar-refractivity contribution < 1.29 is 5.11 Å². The van der Waals surface area contributed by atoms with E-state index in [0.29, 0.717) is 22.7 Å². The van der Waals surface area contributed by atoms with Crippen LogP contribution in [0, 0.1) is 28.6 Å². The summed E-state index contributed by atoms with van der Waals surface area (Å²) in [6.07, 6.45) is 15.1. The van der Waals surface area contributed by atoms with Gasteiger partial charge in [-0.3, -0.25) is 0 Å². The molecule has 0 spiro atoms. The van der Waals surface area contributed by atoms with Gasteiger partial charge in [-0.15, -0.1) is 0 Å². The minimum absolute atomic E-state index is 0.121. The third kappa shape index (κ3) is 2.00. The summed E-state index contributed by atoms with van der Waals surface area (Å²) in [5.74, 6) is 1.98. The first-order chi connectivity index (χ1) is 9.52. The fourth-order valence-corrected chi connectivity index (χ4v) is 5.70. The van der Waals surface area contributed by atoms with Gasteiger partial charge < -0.3 is 5.11 Å². The maximum atomic E-state index is 10.9. The zero-order valence-electron chi connectivity index (χ0n) is 13.6. The largest absolute Gasteiger partial charge is 0.392 e. The maximum Gasteiger partial charge on any atom is 0.0611 e. The molecule has 2 saturated carbocycles. The van der Waals surface area contributed by atoms with Crippen molar-refractivity contribution in [1.29, 1.82) is 0 Å². The van der Waals surface area contributed by atoms with Crippen molar-refractivity contribution >= 4 is 0 Å². The Morgan fingerprint density at radius 2 is 1.95 bits per heavy atom. The summed E-state index contributed by atoms with van der Waals surface area (Å²) >= 11 is 0. The summed E-state index contributed by atoms with van der Waals surface area (Å²) < 4.78 is 0. The molecule has 5 atom stereocenters. The Labute approximate surface area is 124 Å². The second-order valence-electron chi connectivity index (χ2n) is 8.14. The molecule has 0 radical (unpaired) electrons. The lowest BCUT2D eigenvalue weighted by Crippen LogP contribution is -2.51. The normalized spacial score (nSPS) is 43.3. The Kier molecular flexibility index (Phi) is 3.77. The van der Waals surface area contributed by atoms with Gasteiger partial charge in [0.05, 0.1) is 6.10 Å². The lowest BCUT2D eigenvalue weighted by atomic mass is 9.47. The molecular formula is C19H32O. The van der Waals surface area contributed by atoms with Crippen molar-refractivity contribution in [3.63, 3.8) is 0 Å². The smallest absolute Gasteiger partial charge is 0.0611 e. The van der Waals surface area contributed by atoms with Crippen LogP contribution in [0.25, 0.3) is 0 Å². The van der Waals surface area contributed by atoms with Crippen LogP contribution >= 0.6 is 0 Å². The number of aliphatic hydroxyl groups excluding tert-OH is 1. The molecular weight excluding hydrogens is 244 g/mol. The molecule has 0 aromatic rings. The van der Waals surface area contributed by atoms with E-state index in [1.807, 2.05) is 0 Å². The van der Waals surface area contributed by atoms with Crippen molar-refractivity contribution in [1.82, 2.24) is 0 Å². The highest BCUT2D eigenvalue weighted by atomic mass is 16.3. The molecule has 0 aromatic heterocycles. The third-order valence-corrected chi connectivity index (χ3v) is 7.40. The summed E-state index contributed by atoms with van der Waals surface area (Å²) in [4.78, 5) is 0. The fourth-order valence-electron chi connectivity index (χ4n) is 5.70. The van der Waals surface area contributed by atoms with Gasteiger partial charge in [-0.2, -0.15) is 0 Å². The molecule has 0 aromatic carbocycles. The topological polar surface area (TPSA) is 20.2 Å². The molecule has 0 bridgehead atoms. The minimum atomic E-state index is -0.121. The Balaban J connectivity index is 1.65. The molecule has 3 rings (SSSR count). The van der Waals surface area contributed by atoms with Gasteiger partial charge in [-0.05, 0) is 48.3 Å². The van der Waals surface area contributed by atoms with E-state index >= 15 is 0 Å². The van der Waals surface area contributed by atoms with Gasteiger partial charge in [-0.25, -0.2) is 0 Å². The van der Waals surface area contributed by atoms with Crippen LogP contribution in [0.3, 0.4) is 0 Å². The van der Waals surface area contributed by atoms with Crippen LogP contribution in [-0.4, -0.2) is 11.2 Å². The molecule has 0 heterocycles. The SMILES string of the molecule is CCC12CCC1(C)C=CC2C(O)CC(C)C1CCCC1. The average Bonchev–Trinajstić information content (AvgIpc) is 3.00. The van der Waals surface area contributed by atoms with Gasteiger partial charge in [0.1, 0.15) is 0 Å². The highest BCUT2D eigenvalue weighted by Crippen LogP contribution is 2.68. The highest BCUT2D eigenvalue weighted by Gasteiger charge is 2.61. The summed E-state index contributed by atoms with van der Waals surface area (Å²) in [7, 11) is 0. The van der Waals surface area contributed by atoms with Crippen LogP contribution in [0.15, 0.2) is 12.2 Å². The number of fused-ring (bicyclic) bond motifs is 1. The Morgan fingerprint density at radius 3 is 2.50 bits per heavy atom. The van der Waals surface area contributed by atoms with E-state index in [1.54, 1.807) is 0 Å². The average molecular weight is 276 g/mol. The Morgan fingerprint density at radius 1 is 1.25 bits per heavy atom. The van der Waals surface area contributed by atoms with Crippen molar-refractivity contribution in [3.8, 4) is 0 Å². The number of rotatable bonds is 5. The van der Waals surface area contributed by atoms with Gasteiger partial charge in [-0.1, -0.05) is 58.6 Å². The van der Waals surface area contributed by atoms with E-state index in [9.17, 15) is 5.11 Å². The molecule has 2 fully saturated rings. The summed E-state index contributed by atoms with van der Waals surface area (Å²) in [6, 6.07) is 0. The number of hydrogen-bond donors (Lipinski definition) is 1. The second-order valence-corrected chi connectivity index (χ2v) is 8.14. The Hall–Kier alpha value is -0.300. The minimum Gasteiger partial charge on any atom is -0.392 e. The zero-order valence-corrected chi connectivity index (χ0v) is 13.6. The fraction of sp³-hybridized carbons (Fsp3) is 0.895. The van der Waals surface area contributed by atoms with E-state index in [0.717, 1.165) is 12.3 Å². The van der Waals surface area contributed by atoms with Crippen molar-refractivity contribution in [2.45, 2.75) is 78.2 Å². The van der Waals surface area contributed by atoms with E-state index in [2.05, 4.69) is 32.9 Å². The van der Waals surface area contributed by atoms with Gasteiger partial charge >= 0.3 is 0 Å². The molecule has 1 N–H and O–H groups in total. The molecule has 3 aliphatic rings. The number of allylic oxidation sites excluding steroid dienone is 1. The maximum absolute atomic E-state index is 10.9. The molecule has 1 nitrogen and oxygen atoms in total. The van der Waals surface area contributed by atoms with Crippen LogP contribution in [0.4, 0.5) is 0 Å². The monoisotopic (exact) mass is 276 g/mol. The molecule has 0 amide bonds. The van der Waals surface area contributed by atoms with Crippen LogP contribution in [0.5, 0.6) is 0 Å². The molecule has 114 valence electrons. The lowest BCUT2D eigenvalue weighted by Gasteiger charge is -2.57. The van der Waals surface area contributed by atoms with Crippen LogP contribution in [0.2, 0.25) is 0 Å². The highest BCUT2D eigenvalue weighted by molar-refractivity contribution is 5.26. The van der Waals surface area contributed by atoms with Crippen molar-refractivity contribution in [3.05, 3.63) is 12.2 Å². The standard InChI is InChI=1S/C19H32O/c1-4-19-12-11-18(19,3)10-9-16(19)17(20)13-14(2)15-7-5-6-8-15/h9-10,14-17,20H,4-8,11-13H2,1-3H3.